The number of nitrogens with zero attached hydrogens (tertiary/aromatic N) is 2. The molecule has 0 aromatic heterocycles. The van der Waals surface area contributed by atoms with Crippen LogP contribution >= 0.6 is 0 Å². The van der Waals surface area contributed by atoms with Gasteiger partial charge in [-0.3, -0.25) is 5.01 Å². The average Bonchev–Trinajstić information content (AvgIpc) is 3.00. The number of hydrogen-bond acceptors (Lipinski definition) is 3. The molecule has 2 rings (SSSR count). The van der Waals surface area contributed by atoms with Crippen molar-refractivity contribution in [2.45, 2.75) is 76.7 Å². The molecular weight excluding hydrogens is 336 g/mol. The van der Waals surface area contributed by atoms with Crippen LogP contribution in [0, 0.1) is 0 Å². The van der Waals surface area contributed by atoms with Gasteiger partial charge in [0, 0.05) is 19.4 Å². The van der Waals surface area contributed by atoms with Crippen molar-refractivity contribution in [1.29, 1.82) is 0 Å². The molecule has 0 aliphatic carbocycles. The molecule has 1 saturated heterocycles. The second-order valence-electron chi connectivity index (χ2n) is 9.38. The van der Waals surface area contributed by atoms with Crippen LogP contribution in [-0.2, 0) is 11.2 Å². The van der Waals surface area contributed by atoms with Crippen LogP contribution in [0.25, 0.3) is 0 Å². The van der Waals surface area contributed by atoms with E-state index in [2.05, 4.69) is 69.2 Å². The zero-order valence-electron chi connectivity index (χ0n) is 17.7. The van der Waals surface area contributed by atoms with Gasteiger partial charge in [-0.15, -0.1) is 0 Å². The molecule has 1 aliphatic heterocycles. The van der Waals surface area contributed by atoms with Crippen LogP contribution in [0.3, 0.4) is 0 Å². The Morgan fingerprint density at radius 3 is 2.54 bits per heavy atom. The molecule has 1 aromatic rings. The zero-order chi connectivity index (χ0) is 19.2. The molecule has 1 aliphatic rings. The quantitative estimate of drug-likeness (QED) is 0.437. The number of hydrazone groups is 1. The summed E-state index contributed by atoms with van der Waals surface area (Å²) in [5, 5.41) is 7.90. The van der Waals surface area contributed by atoms with Crippen LogP contribution in [0.4, 0.5) is 0 Å². The van der Waals surface area contributed by atoms with Crippen molar-refractivity contribution in [1.82, 2.24) is 5.01 Å². The first kappa shape index (κ1) is 21.2. The maximum Gasteiger partial charge on any atom is 0.0704 e. The Morgan fingerprint density at radius 1 is 1.23 bits per heavy atom. The monoisotopic (exact) mass is 374 g/mol. The highest BCUT2D eigenvalue weighted by Crippen LogP contribution is 2.39. The molecule has 26 heavy (non-hydrogen) atoms. The van der Waals surface area contributed by atoms with E-state index in [1.54, 1.807) is 7.11 Å². The van der Waals surface area contributed by atoms with Gasteiger partial charge in [0.2, 0.25) is 0 Å². The Hall–Kier alpha value is -1.13. The van der Waals surface area contributed by atoms with Crippen molar-refractivity contribution in [2.75, 3.05) is 20.3 Å². The molecule has 0 amide bonds. The minimum Gasteiger partial charge on any atom is -0.382 e. The minimum absolute atomic E-state index is 0.386. The molecule has 146 valence electrons. The number of rotatable bonds is 8. The largest absolute Gasteiger partial charge is 0.382 e. The van der Waals surface area contributed by atoms with Crippen molar-refractivity contribution >= 4 is 13.8 Å². The zero-order valence-corrected chi connectivity index (χ0v) is 18.7. The molecular formula is C22H38N2OSi. The highest BCUT2D eigenvalue weighted by molar-refractivity contribution is 6.82. The standard InChI is InChI=1S/C22H38N2OSi/c1-22(2,3)26(5,6)18-20(15-14-19-11-8-7-9-12-19)23-24-16-10-13-21(24)17-25-4/h7-9,11-12,21H,10,13-18H2,1-6H3/b23-20-/t21-/m0/s1. The molecule has 1 aromatic carbocycles. The highest BCUT2D eigenvalue weighted by Gasteiger charge is 2.36. The Kier molecular flexibility index (Phi) is 7.48. The lowest BCUT2D eigenvalue weighted by atomic mass is 10.1. The van der Waals surface area contributed by atoms with Gasteiger partial charge in [-0.1, -0.05) is 64.2 Å². The SMILES string of the molecule is COC[C@@H]1CCCN1/N=C(/CCc1ccccc1)C[Si](C)(C)C(C)(C)C. The van der Waals surface area contributed by atoms with Crippen molar-refractivity contribution in [3.63, 3.8) is 0 Å². The third-order valence-electron chi connectivity index (χ3n) is 6.20. The fraction of sp³-hybridized carbons (Fsp3) is 0.682. The van der Waals surface area contributed by atoms with E-state index in [1.165, 1.54) is 30.2 Å². The molecule has 0 bridgehead atoms. The summed E-state index contributed by atoms with van der Waals surface area (Å²) in [6.45, 7) is 14.1. The van der Waals surface area contributed by atoms with Crippen LogP contribution < -0.4 is 0 Å². The van der Waals surface area contributed by atoms with E-state index in [1.807, 2.05) is 0 Å². The first-order valence-electron chi connectivity index (χ1n) is 10.1. The number of benzene rings is 1. The third-order valence-corrected chi connectivity index (χ3v) is 11.5. The van der Waals surface area contributed by atoms with E-state index < -0.39 is 8.07 Å². The fourth-order valence-electron chi connectivity index (χ4n) is 3.38. The van der Waals surface area contributed by atoms with Gasteiger partial charge in [-0.25, -0.2) is 0 Å². The predicted molar refractivity (Wildman–Crippen MR) is 116 cm³/mol. The topological polar surface area (TPSA) is 24.8 Å². The summed E-state index contributed by atoms with van der Waals surface area (Å²) in [5.41, 5.74) is 2.80. The summed E-state index contributed by atoms with van der Waals surface area (Å²) in [5.74, 6) is 0. The van der Waals surface area contributed by atoms with Gasteiger partial charge in [0.15, 0.2) is 0 Å². The van der Waals surface area contributed by atoms with Gasteiger partial charge in [-0.2, -0.15) is 5.10 Å². The van der Waals surface area contributed by atoms with E-state index in [9.17, 15) is 0 Å². The van der Waals surface area contributed by atoms with Crippen LogP contribution in [0.1, 0.15) is 45.6 Å². The number of aryl methyl sites for hydroxylation is 1. The van der Waals surface area contributed by atoms with Crippen LogP contribution in [0.2, 0.25) is 24.2 Å². The Labute approximate surface area is 161 Å². The molecule has 3 nitrogen and oxygen atoms in total. The van der Waals surface area contributed by atoms with Crippen molar-refractivity contribution in [2.24, 2.45) is 5.10 Å². The number of ether oxygens (including phenoxy) is 1. The van der Waals surface area contributed by atoms with Gasteiger partial charge < -0.3 is 4.74 Å². The maximum absolute atomic E-state index is 5.42. The molecule has 1 atom stereocenters. The molecule has 0 saturated carbocycles. The highest BCUT2D eigenvalue weighted by atomic mass is 28.3. The van der Waals surface area contributed by atoms with Gasteiger partial charge >= 0.3 is 0 Å². The molecule has 0 N–H and O–H groups in total. The summed E-state index contributed by atoms with van der Waals surface area (Å²) in [6, 6.07) is 12.4. The summed E-state index contributed by atoms with van der Waals surface area (Å²) in [4.78, 5) is 0. The second kappa shape index (κ2) is 9.18. The first-order chi connectivity index (χ1) is 12.2. The fourth-order valence-corrected chi connectivity index (χ4v) is 5.18. The molecule has 4 heteroatoms. The summed E-state index contributed by atoms with van der Waals surface area (Å²) in [7, 11) is 0.390. The van der Waals surface area contributed by atoms with Crippen molar-refractivity contribution in [3.05, 3.63) is 35.9 Å². The normalized spacial score (nSPS) is 19.2. The first-order valence-corrected chi connectivity index (χ1v) is 13.3. The van der Waals surface area contributed by atoms with E-state index >= 15 is 0 Å². The number of methoxy groups -OCH3 is 1. The summed E-state index contributed by atoms with van der Waals surface area (Å²) >= 11 is 0. The smallest absolute Gasteiger partial charge is 0.0704 e. The van der Waals surface area contributed by atoms with E-state index in [0.717, 1.165) is 26.0 Å². The van der Waals surface area contributed by atoms with Gasteiger partial charge in [0.1, 0.15) is 0 Å². The summed E-state index contributed by atoms with van der Waals surface area (Å²) < 4.78 is 5.42. The van der Waals surface area contributed by atoms with E-state index in [0.29, 0.717) is 11.1 Å². The van der Waals surface area contributed by atoms with Gasteiger partial charge in [0.25, 0.3) is 0 Å². The van der Waals surface area contributed by atoms with E-state index in [-0.39, 0.29) is 0 Å². The van der Waals surface area contributed by atoms with Crippen LogP contribution in [0.15, 0.2) is 35.4 Å². The van der Waals surface area contributed by atoms with Crippen LogP contribution in [-0.4, -0.2) is 45.1 Å². The van der Waals surface area contributed by atoms with E-state index in [4.69, 9.17) is 9.84 Å². The minimum atomic E-state index is -1.41. The second-order valence-corrected chi connectivity index (χ2v) is 15.0. The lowest BCUT2D eigenvalue weighted by Crippen LogP contribution is -2.40. The van der Waals surface area contributed by atoms with Gasteiger partial charge in [-0.05, 0) is 42.3 Å². The lowest BCUT2D eigenvalue weighted by molar-refractivity contribution is 0.117. The third kappa shape index (κ3) is 5.95. The summed E-state index contributed by atoms with van der Waals surface area (Å²) in [6.07, 6.45) is 4.57. The van der Waals surface area contributed by atoms with Crippen LogP contribution in [0.5, 0.6) is 0 Å². The Morgan fingerprint density at radius 2 is 1.92 bits per heavy atom. The van der Waals surface area contributed by atoms with Crippen molar-refractivity contribution < 1.29 is 4.74 Å². The lowest BCUT2D eigenvalue weighted by Gasteiger charge is -2.37. The Bertz CT molecular complexity index is 578. The van der Waals surface area contributed by atoms with Gasteiger partial charge in [0.05, 0.1) is 20.7 Å². The Balaban J connectivity index is 2.16. The molecule has 0 spiro atoms. The number of hydrogen-bond donors (Lipinski definition) is 0. The molecule has 1 fully saturated rings. The average molecular weight is 375 g/mol. The molecule has 1 heterocycles. The molecule has 0 radical (unpaired) electrons. The predicted octanol–water partition coefficient (Wildman–Crippen LogP) is 5.59. The van der Waals surface area contributed by atoms with Crippen molar-refractivity contribution in [3.8, 4) is 0 Å². The molecule has 0 unspecified atom stereocenters. The maximum atomic E-state index is 5.42.